The molecule has 5 unspecified atom stereocenters. The van der Waals surface area contributed by atoms with Crippen molar-refractivity contribution in [2.24, 2.45) is 28.1 Å². The van der Waals surface area contributed by atoms with E-state index >= 15 is 0 Å². The summed E-state index contributed by atoms with van der Waals surface area (Å²) in [4.78, 5) is 15.0. The molecule has 3 saturated carbocycles. The van der Waals surface area contributed by atoms with Gasteiger partial charge < -0.3 is 57.8 Å². The zero-order chi connectivity index (χ0) is 57.0. The van der Waals surface area contributed by atoms with Crippen molar-refractivity contribution in [1.82, 2.24) is 0 Å². The molecule has 2 aromatic carbocycles. The van der Waals surface area contributed by atoms with E-state index in [-0.39, 0.29) is 59.6 Å². The lowest BCUT2D eigenvalue weighted by atomic mass is 9.74. The Hall–Kier alpha value is -4.23. The van der Waals surface area contributed by atoms with Gasteiger partial charge in [0.05, 0.1) is 68.8 Å². The van der Waals surface area contributed by atoms with Crippen LogP contribution in [0.2, 0.25) is 0 Å². The molecule has 2 aromatic rings. The lowest BCUT2D eigenvalue weighted by Gasteiger charge is -2.28. The molecule has 11 atom stereocenters. The summed E-state index contributed by atoms with van der Waals surface area (Å²) in [6.07, 6.45) is 18.9. The first-order valence-corrected chi connectivity index (χ1v) is 28.5. The SMILES string of the molecule is C=CCC(C/C=N\O)OCC.C=CCC(CC=O)OCC.C=CCC(CCO)OCC.CCOC1CC2=NOCC2C1.CCO[C@@H]1C[C@H]2COC[C@@]2(c2ccccc2F)C1.CCO[C@H]1C[C@H]2COC[C@@]2(c2ccccc2F)C1. The zero-order valence-corrected chi connectivity index (χ0v) is 47.9. The summed E-state index contributed by atoms with van der Waals surface area (Å²) < 4.78 is 72.3. The molecule has 0 aromatic heterocycles. The van der Waals surface area contributed by atoms with Crippen LogP contribution in [0.4, 0.5) is 8.78 Å². The quantitative estimate of drug-likeness (QED) is 0.0302. The number of aldehydes is 1. The third-order valence-electron chi connectivity index (χ3n) is 14.9. The Morgan fingerprint density at radius 2 is 1.12 bits per heavy atom. The van der Waals surface area contributed by atoms with Crippen LogP contribution in [-0.2, 0) is 58.4 Å². The molecule has 16 heteroatoms. The Kier molecular flexibility index (Phi) is 34.2. The summed E-state index contributed by atoms with van der Waals surface area (Å²) in [7, 11) is 0. The van der Waals surface area contributed by atoms with Crippen molar-refractivity contribution < 1.29 is 66.6 Å². The number of ether oxygens (including phenoxy) is 8. The monoisotopic (exact) mass is 1100 g/mol. The second kappa shape index (κ2) is 39.2. The van der Waals surface area contributed by atoms with Gasteiger partial charge in [0.25, 0.3) is 0 Å². The normalized spacial score (nSPS) is 26.1. The van der Waals surface area contributed by atoms with Gasteiger partial charge in [0.15, 0.2) is 0 Å². The van der Waals surface area contributed by atoms with E-state index in [1.165, 1.54) is 11.9 Å². The maximum absolute atomic E-state index is 14.1. The highest BCUT2D eigenvalue weighted by atomic mass is 19.1. The van der Waals surface area contributed by atoms with Crippen molar-refractivity contribution in [3.8, 4) is 0 Å². The summed E-state index contributed by atoms with van der Waals surface area (Å²) in [5.74, 6) is 1.14. The van der Waals surface area contributed by atoms with Gasteiger partial charge in [-0.25, -0.2) is 8.78 Å². The minimum absolute atomic E-state index is 0.0417. The topological polar surface area (TPSA) is 165 Å². The molecule has 5 fully saturated rings. The van der Waals surface area contributed by atoms with Gasteiger partial charge in [0.2, 0.25) is 0 Å². The van der Waals surface area contributed by atoms with E-state index in [1.807, 2.05) is 71.9 Å². The van der Waals surface area contributed by atoms with Crippen molar-refractivity contribution in [2.75, 3.05) is 79.3 Å². The fraction of sp³-hybridized carbons (Fsp3) is 0.661. The largest absolute Gasteiger partial charge is 0.411 e. The van der Waals surface area contributed by atoms with Crippen molar-refractivity contribution in [2.45, 2.75) is 166 Å². The number of benzene rings is 2. The number of rotatable bonds is 26. The summed E-state index contributed by atoms with van der Waals surface area (Å²) in [6, 6.07) is 14.2. The molecule has 440 valence electrons. The highest BCUT2D eigenvalue weighted by Gasteiger charge is 2.54. The van der Waals surface area contributed by atoms with Crippen LogP contribution < -0.4 is 0 Å². The average Bonchev–Trinajstić information content (AvgIpc) is 4.37. The molecule has 6 aliphatic rings. The van der Waals surface area contributed by atoms with Gasteiger partial charge in [-0.05, 0) is 134 Å². The smallest absolute Gasteiger partial charge is 0.127 e. The van der Waals surface area contributed by atoms with E-state index < -0.39 is 0 Å². The Labute approximate surface area is 465 Å². The molecule has 8 rings (SSSR count). The molecule has 14 nitrogen and oxygen atoms in total. The first kappa shape index (κ1) is 68.0. The van der Waals surface area contributed by atoms with Crippen LogP contribution in [0.15, 0.2) is 96.8 Å². The summed E-state index contributed by atoms with van der Waals surface area (Å²) in [5.41, 5.74) is 2.52. The number of aliphatic hydroxyl groups is 1. The maximum atomic E-state index is 14.1. The Balaban J connectivity index is 0.000000252. The minimum Gasteiger partial charge on any atom is -0.411 e. The zero-order valence-electron chi connectivity index (χ0n) is 47.9. The van der Waals surface area contributed by atoms with Gasteiger partial charge in [0, 0.05) is 88.5 Å². The molecule has 0 radical (unpaired) electrons. The fourth-order valence-electron chi connectivity index (χ4n) is 11.4. The number of carbonyl (C=O) groups is 1. The number of aliphatic hydroxyl groups excluding tert-OH is 1. The number of halogens is 2. The van der Waals surface area contributed by atoms with Crippen LogP contribution in [0, 0.1) is 29.4 Å². The first-order chi connectivity index (χ1) is 38.0. The number of carbonyl (C=O) groups excluding carboxylic acids is 1. The molecule has 3 aliphatic heterocycles. The summed E-state index contributed by atoms with van der Waals surface area (Å²) in [5, 5.41) is 23.6. The first-order valence-electron chi connectivity index (χ1n) is 28.5. The molecule has 2 saturated heterocycles. The lowest BCUT2D eigenvalue weighted by molar-refractivity contribution is -0.110. The molecule has 0 bridgehead atoms. The molecular weight excluding hydrogens is 1000 g/mol. The summed E-state index contributed by atoms with van der Waals surface area (Å²) in [6.45, 7) is 30.6. The number of nitrogens with zero attached hydrogens (tertiary/aromatic N) is 2. The van der Waals surface area contributed by atoms with Gasteiger partial charge in [-0.1, -0.05) is 59.8 Å². The van der Waals surface area contributed by atoms with Crippen LogP contribution >= 0.6 is 0 Å². The molecule has 0 amide bonds. The van der Waals surface area contributed by atoms with Crippen molar-refractivity contribution >= 4 is 18.2 Å². The number of hydrogen-bond donors (Lipinski definition) is 2. The van der Waals surface area contributed by atoms with Crippen LogP contribution in [0.25, 0.3) is 0 Å². The maximum Gasteiger partial charge on any atom is 0.127 e. The van der Waals surface area contributed by atoms with Gasteiger partial charge >= 0.3 is 0 Å². The standard InChI is InChI=1S/2C15H19FO2.C8H13NO2.C8H15NO2.C8H16O2.C8H14O2/c2*1-2-18-12-7-11-9-17-10-15(11,8-12)13-5-3-4-6-14(13)16;1-2-10-7-3-6-5-11-9-8(6)4-7;1-3-5-8(11-4-2)6-7-9-10;2*1-3-5-8(6-7-9)10-4-2/h2*3-6,11-12H,2,7-10H2,1H3;6-7H,2-5H2,1H3;3,7-8,10H,1,4-6H2,2H3;3,8-9H,1,4-7H2,2H3;3,7-8H,1,4-6H2,2H3/b;;;9-7-;;/t11-,12+,15-;11-,12-,15-;;;;/m00..../s1. The average molecular weight is 1100 g/mol. The van der Waals surface area contributed by atoms with E-state index in [0.717, 1.165) is 115 Å². The third kappa shape index (κ3) is 21.7. The summed E-state index contributed by atoms with van der Waals surface area (Å²) >= 11 is 0. The van der Waals surface area contributed by atoms with E-state index in [2.05, 4.69) is 30.0 Å². The van der Waals surface area contributed by atoms with E-state index in [0.29, 0.717) is 76.2 Å². The minimum atomic E-state index is -0.162. The second-order valence-electron chi connectivity index (χ2n) is 20.1. The van der Waals surface area contributed by atoms with Gasteiger partial charge in [-0.15, -0.1) is 24.9 Å². The van der Waals surface area contributed by atoms with Crippen LogP contribution in [0.3, 0.4) is 0 Å². The third-order valence-corrected chi connectivity index (χ3v) is 14.9. The Bertz CT molecular complexity index is 1930. The van der Waals surface area contributed by atoms with Gasteiger partial charge in [-0.3, -0.25) is 0 Å². The predicted octanol–water partition coefficient (Wildman–Crippen LogP) is 11.7. The second-order valence-corrected chi connectivity index (χ2v) is 20.1. The van der Waals surface area contributed by atoms with Gasteiger partial charge in [-0.2, -0.15) is 0 Å². The molecule has 2 N–H and O–H groups in total. The van der Waals surface area contributed by atoms with Crippen molar-refractivity contribution in [1.29, 1.82) is 0 Å². The molecule has 3 aliphatic carbocycles. The Morgan fingerprint density at radius 1 is 0.654 bits per heavy atom. The predicted molar refractivity (Wildman–Crippen MR) is 304 cm³/mol. The van der Waals surface area contributed by atoms with Crippen LogP contribution in [0.5, 0.6) is 0 Å². The highest BCUT2D eigenvalue weighted by Crippen LogP contribution is 2.52. The van der Waals surface area contributed by atoms with E-state index in [1.54, 1.807) is 36.4 Å². The lowest BCUT2D eigenvalue weighted by Crippen LogP contribution is -2.31. The van der Waals surface area contributed by atoms with Crippen molar-refractivity contribution in [3.05, 3.63) is 109 Å². The molecule has 3 heterocycles. The molecule has 78 heavy (non-hydrogen) atoms. The van der Waals surface area contributed by atoms with Crippen LogP contribution in [0.1, 0.15) is 130 Å². The van der Waals surface area contributed by atoms with Gasteiger partial charge in [0.1, 0.15) is 24.5 Å². The van der Waals surface area contributed by atoms with Crippen LogP contribution in [-0.4, -0.2) is 144 Å². The number of hydrogen-bond acceptors (Lipinski definition) is 14. The van der Waals surface area contributed by atoms with E-state index in [4.69, 9.17) is 53.0 Å². The molecule has 0 spiro atoms. The molecular formula is C62H96F2N2O12. The number of fused-ring (bicyclic) bond motifs is 3. The highest BCUT2D eigenvalue weighted by molar-refractivity contribution is 5.89. The van der Waals surface area contributed by atoms with Crippen molar-refractivity contribution in [3.63, 3.8) is 0 Å². The van der Waals surface area contributed by atoms with E-state index in [9.17, 15) is 13.6 Å². The Morgan fingerprint density at radius 3 is 1.54 bits per heavy atom. The number of oxime groups is 2. The fourth-order valence-corrected chi connectivity index (χ4v) is 11.4.